The van der Waals surface area contributed by atoms with Gasteiger partial charge in [0.15, 0.2) is 11.1 Å². The van der Waals surface area contributed by atoms with Crippen molar-refractivity contribution in [1.29, 1.82) is 5.41 Å². The predicted octanol–water partition coefficient (Wildman–Crippen LogP) is 1.65. The van der Waals surface area contributed by atoms with E-state index >= 15 is 0 Å². The molecule has 0 bridgehead atoms. The molecule has 0 unspecified atom stereocenters. The highest BCUT2D eigenvalue weighted by Crippen LogP contribution is 2.25. The Bertz CT molecular complexity index is 552. The lowest BCUT2D eigenvalue weighted by Crippen LogP contribution is -2.23. The highest BCUT2D eigenvalue weighted by Gasteiger charge is 2.13. The van der Waals surface area contributed by atoms with Crippen LogP contribution < -0.4 is 11.5 Å². The minimum atomic E-state index is -0.402. The molecule has 0 aliphatic rings. The van der Waals surface area contributed by atoms with Crippen molar-refractivity contribution in [3.05, 3.63) is 38.9 Å². The molecule has 0 amide bonds. The van der Waals surface area contributed by atoms with Crippen molar-refractivity contribution in [3.8, 4) is 0 Å². The Balaban J connectivity index is 2.86. The smallest absolute Gasteiger partial charge is 0.272 e. The first-order chi connectivity index (χ1) is 8.81. The number of rotatable bonds is 3. The van der Waals surface area contributed by atoms with Crippen LogP contribution in [0.1, 0.15) is 16.7 Å². The maximum atomic E-state index is 10.8. The summed E-state index contributed by atoms with van der Waals surface area (Å²) in [6.45, 7) is 3.49. The highest BCUT2D eigenvalue weighted by atomic mass is 32.2. The van der Waals surface area contributed by atoms with Crippen LogP contribution in [-0.4, -0.2) is 16.1 Å². The number of nitrogens with one attached hydrogen (secondary N) is 1. The lowest BCUT2D eigenvalue weighted by molar-refractivity contribution is -0.385. The van der Waals surface area contributed by atoms with Crippen molar-refractivity contribution in [2.24, 2.45) is 16.5 Å². The Kier molecular flexibility index (Phi) is 4.87. The van der Waals surface area contributed by atoms with E-state index in [-0.39, 0.29) is 16.8 Å². The molecule has 1 rings (SSSR count). The average Bonchev–Trinajstić information content (AvgIpc) is 2.28. The van der Waals surface area contributed by atoms with E-state index in [1.165, 1.54) is 6.07 Å². The molecule has 0 radical (unpaired) electrons. The van der Waals surface area contributed by atoms with Crippen molar-refractivity contribution in [1.82, 2.24) is 0 Å². The lowest BCUT2D eigenvalue weighted by Gasteiger charge is -2.07. The molecule has 0 atom stereocenters. The maximum absolute atomic E-state index is 10.8. The van der Waals surface area contributed by atoms with Crippen LogP contribution in [0.4, 0.5) is 5.69 Å². The first kappa shape index (κ1) is 15.0. The van der Waals surface area contributed by atoms with Crippen LogP contribution >= 0.6 is 11.8 Å². The van der Waals surface area contributed by atoms with Crippen LogP contribution in [0, 0.1) is 29.4 Å². The average molecular weight is 281 g/mol. The molecule has 0 aliphatic heterocycles. The van der Waals surface area contributed by atoms with Crippen molar-refractivity contribution < 1.29 is 4.92 Å². The summed E-state index contributed by atoms with van der Waals surface area (Å²) in [6, 6.07) is 3.29. The molecule has 0 saturated carbocycles. The van der Waals surface area contributed by atoms with Gasteiger partial charge in [0.25, 0.3) is 5.69 Å². The Morgan fingerprint density at radius 1 is 1.42 bits per heavy atom. The fourth-order valence-electron chi connectivity index (χ4n) is 1.51. The number of nitrogens with zero attached hydrogens (tertiary/aromatic N) is 2. The number of guanidine groups is 1. The molecule has 8 heteroatoms. The molecule has 0 saturated heterocycles. The van der Waals surface area contributed by atoms with E-state index in [1.54, 1.807) is 19.9 Å². The molecule has 0 spiro atoms. The molecule has 5 N–H and O–H groups in total. The van der Waals surface area contributed by atoms with Crippen molar-refractivity contribution >= 4 is 28.6 Å². The summed E-state index contributed by atoms with van der Waals surface area (Å²) in [5, 5.41) is 18.3. The quantitative estimate of drug-likeness (QED) is 0.335. The number of nitrogens with two attached hydrogens (primary N) is 2. The van der Waals surface area contributed by atoms with Crippen LogP contribution in [0.2, 0.25) is 0 Å². The van der Waals surface area contributed by atoms with E-state index < -0.39 is 4.92 Å². The topological polar surface area (TPSA) is 131 Å². The first-order valence-electron chi connectivity index (χ1n) is 5.36. The second-order valence-electron chi connectivity index (χ2n) is 3.95. The fraction of sp³-hybridized carbons (Fsp3) is 0.273. The Morgan fingerprint density at radius 3 is 2.58 bits per heavy atom. The number of aliphatic imine (C=N–C) groups is 1. The molecule has 102 valence electrons. The molecule has 0 fully saturated rings. The van der Waals surface area contributed by atoms with Crippen molar-refractivity contribution in [2.45, 2.75) is 19.6 Å². The summed E-state index contributed by atoms with van der Waals surface area (Å²) >= 11 is 1.16. The third-order valence-electron chi connectivity index (χ3n) is 2.45. The standard InChI is InChI=1S/C11H15N5O2S/c1-6-4-9(16(17)18)7(2)3-8(6)5-19-11(14)15-10(12)13/h3-4H,5H2,1-2H3,(H5,12,13,14,15). The first-order valence-corrected chi connectivity index (χ1v) is 6.35. The van der Waals surface area contributed by atoms with Gasteiger partial charge in [-0.2, -0.15) is 4.99 Å². The zero-order chi connectivity index (χ0) is 14.6. The van der Waals surface area contributed by atoms with E-state index in [4.69, 9.17) is 16.9 Å². The van der Waals surface area contributed by atoms with Gasteiger partial charge in [-0.25, -0.2) is 0 Å². The minimum absolute atomic E-state index is 0.00964. The van der Waals surface area contributed by atoms with Gasteiger partial charge in [-0.05, 0) is 31.0 Å². The van der Waals surface area contributed by atoms with Gasteiger partial charge in [-0.15, -0.1) is 0 Å². The number of aryl methyl sites for hydroxylation is 2. The minimum Gasteiger partial charge on any atom is -0.370 e. The molecule has 7 nitrogen and oxygen atoms in total. The van der Waals surface area contributed by atoms with Gasteiger partial charge in [0.05, 0.1) is 4.92 Å². The zero-order valence-electron chi connectivity index (χ0n) is 10.6. The number of benzene rings is 1. The summed E-state index contributed by atoms with van der Waals surface area (Å²) in [5.41, 5.74) is 12.8. The number of nitro benzene ring substituents is 1. The van der Waals surface area contributed by atoms with Gasteiger partial charge in [0, 0.05) is 17.4 Å². The van der Waals surface area contributed by atoms with E-state index in [0.29, 0.717) is 11.3 Å². The van der Waals surface area contributed by atoms with Crippen LogP contribution in [-0.2, 0) is 5.75 Å². The van der Waals surface area contributed by atoms with Gasteiger partial charge >= 0.3 is 0 Å². The highest BCUT2D eigenvalue weighted by molar-refractivity contribution is 8.13. The van der Waals surface area contributed by atoms with Crippen LogP contribution in [0.25, 0.3) is 0 Å². The predicted molar refractivity (Wildman–Crippen MR) is 77.4 cm³/mol. The third-order valence-corrected chi connectivity index (χ3v) is 3.27. The van der Waals surface area contributed by atoms with Crippen LogP contribution in [0.5, 0.6) is 0 Å². The number of nitro groups is 1. The molecule has 0 aliphatic carbocycles. The molecule has 1 aromatic rings. The molecular weight excluding hydrogens is 266 g/mol. The number of amidine groups is 1. The summed E-state index contributed by atoms with van der Waals surface area (Å²) in [7, 11) is 0. The lowest BCUT2D eigenvalue weighted by atomic mass is 10.1. The maximum Gasteiger partial charge on any atom is 0.272 e. The van der Waals surface area contributed by atoms with E-state index in [2.05, 4.69) is 4.99 Å². The zero-order valence-corrected chi connectivity index (χ0v) is 11.5. The van der Waals surface area contributed by atoms with Crippen LogP contribution in [0.3, 0.4) is 0 Å². The molecule has 1 aromatic carbocycles. The summed E-state index contributed by atoms with van der Waals surface area (Å²) in [5.74, 6) is 0.328. The summed E-state index contributed by atoms with van der Waals surface area (Å²) < 4.78 is 0. The Labute approximate surface area is 114 Å². The monoisotopic (exact) mass is 281 g/mol. The van der Waals surface area contributed by atoms with Crippen molar-refractivity contribution in [2.75, 3.05) is 0 Å². The van der Waals surface area contributed by atoms with E-state index in [9.17, 15) is 10.1 Å². The summed E-state index contributed by atoms with van der Waals surface area (Å²) in [6.07, 6.45) is 0. The second-order valence-corrected chi connectivity index (χ2v) is 4.92. The number of thioether (sulfide) groups is 1. The van der Waals surface area contributed by atoms with Gasteiger partial charge in [-0.1, -0.05) is 11.8 Å². The van der Waals surface area contributed by atoms with Gasteiger partial charge in [0.1, 0.15) is 0 Å². The van der Waals surface area contributed by atoms with E-state index in [0.717, 1.165) is 22.9 Å². The largest absolute Gasteiger partial charge is 0.370 e. The third kappa shape index (κ3) is 4.25. The van der Waals surface area contributed by atoms with Crippen molar-refractivity contribution in [3.63, 3.8) is 0 Å². The van der Waals surface area contributed by atoms with Crippen LogP contribution in [0.15, 0.2) is 17.1 Å². The Morgan fingerprint density at radius 2 is 2.05 bits per heavy atom. The molecular formula is C11H15N5O2S. The van der Waals surface area contributed by atoms with Gasteiger partial charge in [0.2, 0.25) is 0 Å². The Hall–Kier alpha value is -2.09. The number of hydrogen-bond donors (Lipinski definition) is 3. The molecule has 19 heavy (non-hydrogen) atoms. The molecule has 0 aromatic heterocycles. The van der Waals surface area contributed by atoms with Gasteiger partial charge < -0.3 is 11.5 Å². The van der Waals surface area contributed by atoms with E-state index in [1.807, 2.05) is 0 Å². The normalized spacial score (nSPS) is 10.0. The fourth-order valence-corrected chi connectivity index (χ4v) is 2.28. The molecule has 0 heterocycles. The SMILES string of the molecule is Cc1cc([N+](=O)[O-])c(C)cc1CSC(=N)N=C(N)N. The summed E-state index contributed by atoms with van der Waals surface area (Å²) in [4.78, 5) is 14.0. The second kappa shape index (κ2) is 6.19. The number of hydrogen-bond acceptors (Lipinski definition) is 4. The van der Waals surface area contributed by atoms with Gasteiger partial charge in [-0.3, -0.25) is 15.5 Å².